The van der Waals surface area contributed by atoms with Gasteiger partial charge in [0, 0.05) is 19.2 Å². The summed E-state index contributed by atoms with van der Waals surface area (Å²) in [5.41, 5.74) is 4.67. The van der Waals surface area contributed by atoms with E-state index in [1.165, 1.54) is 0 Å². The Labute approximate surface area is 180 Å². The van der Waals surface area contributed by atoms with Crippen molar-refractivity contribution in [2.45, 2.75) is 32.7 Å². The fourth-order valence-corrected chi connectivity index (χ4v) is 3.93. The predicted octanol–water partition coefficient (Wildman–Crippen LogP) is 5.84. The highest BCUT2D eigenvalue weighted by Crippen LogP contribution is 2.27. The average molecular weight is 420 g/mol. The highest BCUT2D eigenvalue weighted by molar-refractivity contribution is 6.33. The lowest BCUT2D eigenvalue weighted by atomic mass is 9.99. The number of pyridine rings is 1. The van der Waals surface area contributed by atoms with Crippen molar-refractivity contribution in [3.63, 3.8) is 0 Å². The molecule has 0 saturated carbocycles. The van der Waals surface area contributed by atoms with Gasteiger partial charge in [0.15, 0.2) is 5.15 Å². The maximum atomic E-state index is 11.5. The van der Waals surface area contributed by atoms with Crippen LogP contribution < -0.4 is 0 Å². The quantitative estimate of drug-likeness (QED) is 0.382. The molecular weight excluding hydrogens is 398 g/mol. The number of rotatable bonds is 7. The molecule has 4 rings (SSSR count). The number of carboxylic acid groups (broad SMARTS) is 1. The smallest absolute Gasteiger partial charge is 0.336 e. The Kier molecular flexibility index (Phi) is 5.81. The highest BCUT2D eigenvalue weighted by Gasteiger charge is 2.15. The second-order valence-electron chi connectivity index (χ2n) is 7.23. The van der Waals surface area contributed by atoms with Crippen LogP contribution in [0.2, 0.25) is 5.15 Å². The molecule has 1 N–H and O–H groups in total. The van der Waals surface area contributed by atoms with Crippen LogP contribution >= 0.6 is 11.6 Å². The van der Waals surface area contributed by atoms with E-state index >= 15 is 0 Å². The number of aryl methyl sites for hydroxylation is 1. The number of imidazole rings is 1. The molecule has 0 amide bonds. The van der Waals surface area contributed by atoms with Crippen molar-refractivity contribution < 1.29 is 9.90 Å². The Balaban J connectivity index is 1.69. The minimum atomic E-state index is -0.928. The molecule has 0 spiro atoms. The molecule has 0 saturated heterocycles. The van der Waals surface area contributed by atoms with Gasteiger partial charge in [-0.2, -0.15) is 0 Å². The molecule has 30 heavy (non-hydrogen) atoms. The summed E-state index contributed by atoms with van der Waals surface area (Å²) in [6.07, 6.45) is 4.71. The van der Waals surface area contributed by atoms with E-state index in [0.717, 1.165) is 47.2 Å². The molecule has 2 aromatic carbocycles. The van der Waals surface area contributed by atoms with Gasteiger partial charge in [0.2, 0.25) is 0 Å². The van der Waals surface area contributed by atoms with Gasteiger partial charge in [0.1, 0.15) is 11.3 Å². The van der Waals surface area contributed by atoms with Gasteiger partial charge in [-0.3, -0.25) is 0 Å². The Hall–Kier alpha value is -3.18. The molecular formula is C24H22ClN3O2. The van der Waals surface area contributed by atoms with Crippen molar-refractivity contribution in [2.24, 2.45) is 0 Å². The van der Waals surface area contributed by atoms with Gasteiger partial charge in [-0.1, -0.05) is 67.4 Å². The number of nitrogens with zero attached hydrogens (tertiary/aromatic N) is 3. The third-order valence-electron chi connectivity index (χ3n) is 5.21. The zero-order chi connectivity index (χ0) is 21.1. The number of aromatic carboxylic acids is 1. The van der Waals surface area contributed by atoms with Crippen LogP contribution in [0.4, 0.5) is 0 Å². The van der Waals surface area contributed by atoms with Gasteiger partial charge in [0.25, 0.3) is 0 Å². The van der Waals surface area contributed by atoms with Crippen molar-refractivity contribution in [1.82, 2.24) is 14.5 Å². The van der Waals surface area contributed by atoms with Gasteiger partial charge in [-0.25, -0.2) is 14.8 Å². The maximum absolute atomic E-state index is 11.5. The lowest BCUT2D eigenvalue weighted by Crippen LogP contribution is -2.06. The number of carboxylic acids is 1. The molecule has 152 valence electrons. The summed E-state index contributed by atoms with van der Waals surface area (Å²) in [6, 6.07) is 16.9. The summed E-state index contributed by atoms with van der Waals surface area (Å²) in [7, 11) is 0. The highest BCUT2D eigenvalue weighted by atomic mass is 35.5. The standard InChI is InChI=1S/C24H22ClN3O2/c1-2-3-8-21-27-20-13-14-26-23(25)22(20)28(21)15-16-9-11-17(12-10-16)18-6-4-5-7-19(18)24(29)30/h4-7,9-14H,2-3,8,15H2,1H3,(H,29,30). The number of aromatic nitrogens is 3. The minimum absolute atomic E-state index is 0.297. The number of carbonyl (C=O) groups is 1. The number of unbranched alkanes of at least 4 members (excludes halogenated alkanes) is 1. The SMILES string of the molecule is CCCCc1nc2ccnc(Cl)c2n1Cc1ccc(-c2ccccc2C(=O)O)cc1. The molecule has 0 atom stereocenters. The zero-order valence-electron chi connectivity index (χ0n) is 16.7. The van der Waals surface area contributed by atoms with Crippen molar-refractivity contribution in [1.29, 1.82) is 0 Å². The van der Waals surface area contributed by atoms with Crippen LogP contribution in [0.3, 0.4) is 0 Å². The molecule has 0 fully saturated rings. The first-order valence-electron chi connectivity index (χ1n) is 9.99. The molecule has 0 aliphatic carbocycles. The van der Waals surface area contributed by atoms with Crippen LogP contribution in [0.15, 0.2) is 60.8 Å². The third-order valence-corrected chi connectivity index (χ3v) is 5.48. The summed E-state index contributed by atoms with van der Waals surface area (Å²) in [5.74, 6) is 0.0734. The van der Waals surface area contributed by atoms with Crippen LogP contribution in [0.25, 0.3) is 22.2 Å². The Bertz CT molecular complexity index is 1200. The summed E-state index contributed by atoms with van der Waals surface area (Å²) >= 11 is 6.40. The zero-order valence-corrected chi connectivity index (χ0v) is 17.4. The van der Waals surface area contributed by atoms with Crippen LogP contribution in [-0.2, 0) is 13.0 Å². The molecule has 2 aromatic heterocycles. The number of halogens is 1. The molecule has 5 nitrogen and oxygen atoms in total. The second-order valence-corrected chi connectivity index (χ2v) is 7.59. The average Bonchev–Trinajstić information content (AvgIpc) is 3.11. The van der Waals surface area contributed by atoms with Gasteiger partial charge < -0.3 is 9.67 Å². The Morgan fingerprint density at radius 1 is 1.10 bits per heavy atom. The van der Waals surface area contributed by atoms with Gasteiger partial charge in [-0.15, -0.1) is 0 Å². The van der Waals surface area contributed by atoms with E-state index in [4.69, 9.17) is 16.6 Å². The molecule has 0 aliphatic rings. The van der Waals surface area contributed by atoms with Crippen molar-refractivity contribution in [3.8, 4) is 11.1 Å². The van der Waals surface area contributed by atoms with Crippen LogP contribution in [0, 0.1) is 0 Å². The number of fused-ring (bicyclic) bond motifs is 1. The lowest BCUT2D eigenvalue weighted by Gasteiger charge is -2.11. The maximum Gasteiger partial charge on any atom is 0.336 e. The van der Waals surface area contributed by atoms with Crippen LogP contribution in [-0.4, -0.2) is 25.6 Å². The lowest BCUT2D eigenvalue weighted by molar-refractivity contribution is 0.0697. The van der Waals surface area contributed by atoms with Gasteiger partial charge in [0.05, 0.1) is 11.1 Å². The van der Waals surface area contributed by atoms with E-state index in [1.807, 2.05) is 42.5 Å². The largest absolute Gasteiger partial charge is 0.478 e. The predicted molar refractivity (Wildman–Crippen MR) is 119 cm³/mol. The molecule has 0 unspecified atom stereocenters. The summed E-state index contributed by atoms with van der Waals surface area (Å²) in [4.78, 5) is 20.5. The first-order chi connectivity index (χ1) is 14.6. The fraction of sp³-hybridized carbons (Fsp3) is 0.208. The van der Waals surface area contributed by atoms with E-state index < -0.39 is 5.97 Å². The van der Waals surface area contributed by atoms with Gasteiger partial charge >= 0.3 is 5.97 Å². The first-order valence-corrected chi connectivity index (χ1v) is 10.4. The molecule has 0 bridgehead atoms. The molecule has 6 heteroatoms. The molecule has 4 aromatic rings. The van der Waals surface area contributed by atoms with Crippen molar-refractivity contribution >= 4 is 28.6 Å². The number of benzene rings is 2. The van der Waals surface area contributed by atoms with E-state index in [1.54, 1.807) is 18.3 Å². The van der Waals surface area contributed by atoms with E-state index in [-0.39, 0.29) is 0 Å². The number of hydrogen-bond acceptors (Lipinski definition) is 3. The summed E-state index contributed by atoms with van der Waals surface area (Å²) in [5, 5.41) is 9.91. The third kappa shape index (κ3) is 3.94. The van der Waals surface area contributed by atoms with Crippen LogP contribution in [0.5, 0.6) is 0 Å². The Morgan fingerprint density at radius 2 is 1.87 bits per heavy atom. The summed E-state index contributed by atoms with van der Waals surface area (Å²) < 4.78 is 2.14. The topological polar surface area (TPSA) is 68.0 Å². The second kappa shape index (κ2) is 8.67. The van der Waals surface area contributed by atoms with E-state index in [2.05, 4.69) is 16.5 Å². The Morgan fingerprint density at radius 3 is 2.60 bits per heavy atom. The molecule has 2 heterocycles. The fourth-order valence-electron chi connectivity index (χ4n) is 3.68. The van der Waals surface area contributed by atoms with Crippen molar-refractivity contribution in [2.75, 3.05) is 0 Å². The van der Waals surface area contributed by atoms with E-state index in [9.17, 15) is 9.90 Å². The molecule has 0 radical (unpaired) electrons. The first kappa shape index (κ1) is 20.1. The van der Waals surface area contributed by atoms with E-state index in [0.29, 0.717) is 22.8 Å². The monoisotopic (exact) mass is 419 g/mol. The normalized spacial score (nSPS) is 11.1. The van der Waals surface area contributed by atoms with Crippen LogP contribution in [0.1, 0.15) is 41.5 Å². The molecule has 0 aliphatic heterocycles. The number of hydrogen-bond donors (Lipinski definition) is 1. The van der Waals surface area contributed by atoms with Gasteiger partial charge in [-0.05, 0) is 35.2 Å². The summed E-state index contributed by atoms with van der Waals surface area (Å²) in [6.45, 7) is 2.79. The van der Waals surface area contributed by atoms with Crippen molar-refractivity contribution in [3.05, 3.63) is 82.9 Å². The minimum Gasteiger partial charge on any atom is -0.478 e.